The van der Waals surface area contributed by atoms with Gasteiger partial charge < -0.3 is 15.3 Å². The van der Waals surface area contributed by atoms with Gasteiger partial charge in [-0.25, -0.2) is 4.39 Å². The minimum absolute atomic E-state index is 0.0510. The van der Waals surface area contributed by atoms with Crippen LogP contribution in [0.5, 0.6) is 0 Å². The summed E-state index contributed by atoms with van der Waals surface area (Å²) in [6, 6.07) is 5.07. The van der Waals surface area contributed by atoms with E-state index in [4.69, 9.17) is 16.7 Å². The van der Waals surface area contributed by atoms with Crippen LogP contribution < -0.4 is 10.2 Å². The molecule has 1 aliphatic heterocycles. The normalized spacial score (nSPS) is 25.1. The van der Waals surface area contributed by atoms with Gasteiger partial charge in [-0.1, -0.05) is 11.6 Å². The van der Waals surface area contributed by atoms with Crippen LogP contribution >= 0.6 is 11.6 Å². The summed E-state index contributed by atoms with van der Waals surface area (Å²) in [7, 11) is 0. The summed E-state index contributed by atoms with van der Waals surface area (Å²) < 4.78 is 13.1. The Morgan fingerprint density at radius 3 is 3.00 bits per heavy atom. The number of hydrogen-bond donors (Lipinski definition) is 2. The predicted molar refractivity (Wildman–Crippen MR) is 67.1 cm³/mol. The average molecular weight is 259 g/mol. The zero-order valence-electron chi connectivity index (χ0n) is 9.66. The quantitative estimate of drug-likeness (QED) is 0.847. The fourth-order valence-corrected chi connectivity index (χ4v) is 2.25. The maximum atomic E-state index is 13.1. The zero-order chi connectivity index (χ0) is 12.4. The van der Waals surface area contributed by atoms with Crippen molar-refractivity contribution in [1.29, 1.82) is 0 Å². The van der Waals surface area contributed by atoms with Crippen LogP contribution in [0.2, 0.25) is 5.02 Å². The molecule has 1 aromatic carbocycles. The first-order chi connectivity index (χ1) is 8.11. The first kappa shape index (κ1) is 12.6. The molecule has 0 radical (unpaired) electrons. The highest BCUT2D eigenvalue weighted by Crippen LogP contribution is 2.25. The Hall–Kier alpha value is -0.840. The molecule has 3 nitrogen and oxygen atoms in total. The van der Waals surface area contributed by atoms with Gasteiger partial charge in [0.15, 0.2) is 0 Å². The first-order valence-electron chi connectivity index (χ1n) is 5.67. The van der Waals surface area contributed by atoms with E-state index in [2.05, 4.69) is 17.1 Å². The van der Waals surface area contributed by atoms with E-state index in [1.165, 1.54) is 6.07 Å². The molecule has 2 unspecified atom stereocenters. The summed E-state index contributed by atoms with van der Waals surface area (Å²) in [6.45, 7) is 3.66. The third-order valence-corrected chi connectivity index (χ3v) is 3.40. The fourth-order valence-electron chi connectivity index (χ4n) is 2.08. The molecule has 2 N–H and O–H groups in total. The molecule has 5 heteroatoms. The van der Waals surface area contributed by atoms with Crippen LogP contribution in [-0.4, -0.2) is 36.9 Å². The van der Waals surface area contributed by atoms with Crippen LogP contribution in [0.4, 0.5) is 10.1 Å². The molecule has 0 aliphatic carbocycles. The molecule has 0 bridgehead atoms. The smallest absolute Gasteiger partial charge is 0.141 e. The highest BCUT2D eigenvalue weighted by Gasteiger charge is 2.24. The van der Waals surface area contributed by atoms with Crippen molar-refractivity contribution >= 4 is 17.3 Å². The SMILES string of the molecule is CC1CNC(CO)CN1c1ccc(F)c(Cl)c1. The van der Waals surface area contributed by atoms with Crippen molar-refractivity contribution < 1.29 is 9.50 Å². The van der Waals surface area contributed by atoms with Crippen LogP contribution in [0.1, 0.15) is 6.92 Å². The number of rotatable bonds is 2. The Morgan fingerprint density at radius 2 is 2.35 bits per heavy atom. The molecule has 0 aromatic heterocycles. The molecule has 1 aromatic rings. The van der Waals surface area contributed by atoms with Gasteiger partial charge in [-0.3, -0.25) is 0 Å². The van der Waals surface area contributed by atoms with Gasteiger partial charge in [0.2, 0.25) is 0 Å². The van der Waals surface area contributed by atoms with Crippen molar-refractivity contribution in [3.8, 4) is 0 Å². The van der Waals surface area contributed by atoms with Crippen molar-refractivity contribution in [3.63, 3.8) is 0 Å². The molecule has 0 spiro atoms. The van der Waals surface area contributed by atoms with Gasteiger partial charge in [-0.2, -0.15) is 0 Å². The standard InChI is InChI=1S/C12H16ClFN2O/c1-8-5-15-9(7-17)6-16(8)10-2-3-12(14)11(13)4-10/h2-4,8-9,15,17H,5-7H2,1H3. The molecular formula is C12H16ClFN2O. The third kappa shape index (κ3) is 2.70. The molecule has 1 saturated heterocycles. The highest BCUT2D eigenvalue weighted by atomic mass is 35.5. The third-order valence-electron chi connectivity index (χ3n) is 3.11. The van der Waals surface area contributed by atoms with Crippen molar-refractivity contribution in [2.45, 2.75) is 19.0 Å². The molecular weight excluding hydrogens is 243 g/mol. The van der Waals surface area contributed by atoms with Crippen molar-refractivity contribution in [1.82, 2.24) is 5.32 Å². The molecule has 0 amide bonds. The van der Waals surface area contributed by atoms with Gasteiger partial charge in [0.1, 0.15) is 5.82 Å². The van der Waals surface area contributed by atoms with Crippen molar-refractivity contribution in [3.05, 3.63) is 29.0 Å². The number of halogens is 2. The molecule has 94 valence electrons. The molecule has 1 aliphatic rings. The van der Waals surface area contributed by atoms with Gasteiger partial charge in [-0.15, -0.1) is 0 Å². The number of piperazine rings is 1. The number of benzene rings is 1. The number of nitrogens with one attached hydrogen (secondary N) is 1. The summed E-state index contributed by atoms with van der Waals surface area (Å²) >= 11 is 5.78. The summed E-state index contributed by atoms with van der Waals surface area (Å²) in [5, 5.41) is 12.5. The van der Waals surface area contributed by atoms with Crippen molar-refractivity contribution in [2.24, 2.45) is 0 Å². The lowest BCUT2D eigenvalue weighted by atomic mass is 10.1. The average Bonchev–Trinajstić information content (AvgIpc) is 2.33. The second-order valence-corrected chi connectivity index (χ2v) is 4.79. The summed E-state index contributed by atoms with van der Waals surface area (Å²) in [6.07, 6.45) is 0. The Balaban J connectivity index is 2.21. The lowest BCUT2D eigenvalue weighted by molar-refractivity contribution is 0.227. The lowest BCUT2D eigenvalue weighted by Gasteiger charge is -2.39. The number of nitrogens with zero attached hydrogens (tertiary/aromatic N) is 1. The first-order valence-corrected chi connectivity index (χ1v) is 6.05. The molecule has 17 heavy (non-hydrogen) atoms. The highest BCUT2D eigenvalue weighted by molar-refractivity contribution is 6.31. The second kappa shape index (κ2) is 5.21. The Labute approximate surface area is 105 Å². The van der Waals surface area contributed by atoms with Gasteiger partial charge in [0.25, 0.3) is 0 Å². The van der Waals surface area contributed by atoms with Crippen LogP contribution in [0.25, 0.3) is 0 Å². The van der Waals surface area contributed by atoms with E-state index in [0.717, 1.165) is 12.2 Å². The monoisotopic (exact) mass is 258 g/mol. The van der Waals surface area contributed by atoms with Crippen LogP contribution in [0.15, 0.2) is 18.2 Å². The van der Waals surface area contributed by atoms with E-state index in [1.54, 1.807) is 12.1 Å². The van der Waals surface area contributed by atoms with Crippen LogP contribution in [0, 0.1) is 5.82 Å². The minimum Gasteiger partial charge on any atom is -0.395 e. The predicted octanol–water partition coefficient (Wildman–Crippen LogP) is 1.64. The molecule has 1 heterocycles. The Kier molecular flexibility index (Phi) is 3.86. The largest absolute Gasteiger partial charge is 0.395 e. The zero-order valence-corrected chi connectivity index (χ0v) is 10.4. The van der Waals surface area contributed by atoms with E-state index in [-0.39, 0.29) is 17.7 Å². The lowest BCUT2D eigenvalue weighted by Crippen LogP contribution is -2.56. The summed E-state index contributed by atoms with van der Waals surface area (Å²) in [5.74, 6) is -0.406. The summed E-state index contributed by atoms with van der Waals surface area (Å²) in [4.78, 5) is 2.13. The maximum absolute atomic E-state index is 13.1. The fraction of sp³-hybridized carbons (Fsp3) is 0.500. The molecule has 0 saturated carbocycles. The Morgan fingerprint density at radius 1 is 1.59 bits per heavy atom. The topological polar surface area (TPSA) is 35.5 Å². The van der Waals surface area contributed by atoms with E-state index in [9.17, 15) is 4.39 Å². The van der Waals surface area contributed by atoms with E-state index in [1.807, 2.05) is 0 Å². The second-order valence-electron chi connectivity index (χ2n) is 4.39. The summed E-state index contributed by atoms with van der Waals surface area (Å²) in [5.41, 5.74) is 0.892. The Bertz CT molecular complexity index is 402. The van der Waals surface area contributed by atoms with Gasteiger partial charge >= 0.3 is 0 Å². The molecule has 1 fully saturated rings. The number of anilines is 1. The van der Waals surface area contributed by atoms with Crippen molar-refractivity contribution in [2.75, 3.05) is 24.6 Å². The van der Waals surface area contributed by atoms with E-state index in [0.29, 0.717) is 12.6 Å². The molecule has 2 atom stereocenters. The molecule has 2 rings (SSSR count). The number of hydrogen-bond acceptors (Lipinski definition) is 3. The number of aliphatic hydroxyl groups is 1. The van der Waals surface area contributed by atoms with E-state index < -0.39 is 5.82 Å². The van der Waals surface area contributed by atoms with E-state index >= 15 is 0 Å². The maximum Gasteiger partial charge on any atom is 0.141 e. The van der Waals surface area contributed by atoms with Gasteiger partial charge in [0, 0.05) is 30.9 Å². The number of aliphatic hydroxyl groups excluding tert-OH is 1. The van der Waals surface area contributed by atoms with Crippen LogP contribution in [0.3, 0.4) is 0 Å². The minimum atomic E-state index is -0.406. The van der Waals surface area contributed by atoms with Gasteiger partial charge in [-0.05, 0) is 25.1 Å². The van der Waals surface area contributed by atoms with Gasteiger partial charge in [0.05, 0.1) is 11.6 Å². The van der Waals surface area contributed by atoms with Crippen LogP contribution in [-0.2, 0) is 0 Å².